The monoisotopic (exact) mass is 452 g/mol. The van der Waals surface area contributed by atoms with Crippen molar-refractivity contribution < 1.29 is 22.8 Å². The highest BCUT2D eigenvalue weighted by Gasteiger charge is 2.30. The van der Waals surface area contributed by atoms with Crippen LogP contribution in [0.1, 0.15) is 28.9 Å². The Hall–Kier alpha value is -4.14. The minimum absolute atomic E-state index is 0.0184. The van der Waals surface area contributed by atoms with Crippen molar-refractivity contribution in [2.45, 2.75) is 19.1 Å². The molecule has 0 radical (unpaired) electrons. The van der Waals surface area contributed by atoms with Gasteiger partial charge in [0.1, 0.15) is 6.04 Å². The van der Waals surface area contributed by atoms with E-state index in [1.54, 1.807) is 30.0 Å². The number of aromatic nitrogens is 2. The number of nitrogens with zero attached hydrogens (tertiary/aromatic N) is 2. The number of nitrogens with one attached hydrogen (secondary N) is 2. The Kier molecular flexibility index (Phi) is 5.87. The molecular weight excluding hydrogens is 433 g/mol. The maximum absolute atomic E-state index is 12.9. The van der Waals surface area contributed by atoms with Crippen molar-refractivity contribution in [2.24, 2.45) is 0 Å². The highest BCUT2D eigenvalue weighted by molar-refractivity contribution is 6.05. The van der Waals surface area contributed by atoms with Crippen molar-refractivity contribution in [3.05, 3.63) is 90.3 Å². The SMILES string of the molecule is CC(C(=O)Nc1cccc(C(=O)Nc2cccc(C(F)(F)F)c2)c1)n1cnc2ccccc21. The predicted octanol–water partition coefficient (Wildman–Crippen LogP) is 5.51. The van der Waals surface area contributed by atoms with E-state index >= 15 is 0 Å². The summed E-state index contributed by atoms with van der Waals surface area (Å²) in [5.41, 5.74) is 1.31. The summed E-state index contributed by atoms with van der Waals surface area (Å²) < 4.78 is 40.4. The van der Waals surface area contributed by atoms with Gasteiger partial charge in [-0.15, -0.1) is 0 Å². The van der Waals surface area contributed by atoms with Crippen LogP contribution >= 0.6 is 0 Å². The van der Waals surface area contributed by atoms with Gasteiger partial charge in [-0.2, -0.15) is 13.2 Å². The minimum atomic E-state index is -4.51. The van der Waals surface area contributed by atoms with E-state index in [4.69, 9.17) is 0 Å². The van der Waals surface area contributed by atoms with E-state index in [0.717, 1.165) is 23.2 Å². The summed E-state index contributed by atoms with van der Waals surface area (Å²) in [5, 5.41) is 5.22. The highest BCUT2D eigenvalue weighted by atomic mass is 19.4. The smallest absolute Gasteiger partial charge is 0.324 e. The van der Waals surface area contributed by atoms with Gasteiger partial charge in [0.15, 0.2) is 0 Å². The number of anilines is 2. The number of hydrogen-bond donors (Lipinski definition) is 2. The van der Waals surface area contributed by atoms with Gasteiger partial charge in [0.25, 0.3) is 5.91 Å². The lowest BCUT2D eigenvalue weighted by molar-refractivity contribution is -0.137. The number of benzene rings is 3. The molecule has 0 aliphatic carbocycles. The van der Waals surface area contributed by atoms with Crippen LogP contribution in [-0.2, 0) is 11.0 Å². The fourth-order valence-corrected chi connectivity index (χ4v) is 3.37. The van der Waals surface area contributed by atoms with Gasteiger partial charge >= 0.3 is 6.18 Å². The first-order valence-electron chi connectivity index (χ1n) is 10.0. The molecule has 0 aliphatic rings. The van der Waals surface area contributed by atoms with E-state index in [1.165, 1.54) is 24.3 Å². The molecule has 6 nitrogen and oxygen atoms in total. The van der Waals surface area contributed by atoms with Crippen LogP contribution in [0.25, 0.3) is 11.0 Å². The van der Waals surface area contributed by atoms with Gasteiger partial charge in [-0.25, -0.2) is 4.98 Å². The predicted molar refractivity (Wildman–Crippen MR) is 119 cm³/mol. The Morgan fingerprint density at radius 1 is 0.909 bits per heavy atom. The van der Waals surface area contributed by atoms with Crippen LogP contribution in [0, 0.1) is 0 Å². The summed E-state index contributed by atoms with van der Waals surface area (Å²) in [6.45, 7) is 1.73. The van der Waals surface area contributed by atoms with Crippen LogP contribution in [-0.4, -0.2) is 21.4 Å². The maximum atomic E-state index is 12.9. The molecule has 0 spiro atoms. The Morgan fingerprint density at radius 3 is 2.36 bits per heavy atom. The Bertz CT molecular complexity index is 1330. The van der Waals surface area contributed by atoms with Crippen molar-refractivity contribution >= 4 is 34.2 Å². The lowest BCUT2D eigenvalue weighted by atomic mass is 10.1. The first kappa shape index (κ1) is 22.1. The molecule has 1 aromatic heterocycles. The number of carbonyl (C=O) groups is 2. The van der Waals surface area contributed by atoms with Crippen molar-refractivity contribution in [3.63, 3.8) is 0 Å². The van der Waals surface area contributed by atoms with E-state index in [0.29, 0.717) is 5.69 Å². The van der Waals surface area contributed by atoms with E-state index in [9.17, 15) is 22.8 Å². The van der Waals surface area contributed by atoms with Gasteiger partial charge < -0.3 is 15.2 Å². The molecular formula is C24H19F3N4O2. The number of rotatable bonds is 5. The van der Waals surface area contributed by atoms with Crippen LogP contribution in [0.3, 0.4) is 0 Å². The standard InChI is InChI=1S/C24H19F3N4O2/c1-15(31-14-28-20-10-2-3-11-21(20)31)22(32)29-18-8-4-6-16(12-18)23(33)30-19-9-5-7-17(13-19)24(25,26)27/h2-15H,1H3,(H,29,32)(H,30,33). The van der Waals surface area contributed by atoms with Crippen molar-refractivity contribution in [2.75, 3.05) is 10.6 Å². The third-order valence-electron chi connectivity index (χ3n) is 5.12. The zero-order valence-electron chi connectivity index (χ0n) is 17.4. The molecule has 0 bridgehead atoms. The first-order chi connectivity index (χ1) is 15.7. The first-order valence-corrected chi connectivity index (χ1v) is 10.0. The van der Waals surface area contributed by atoms with Gasteiger partial charge in [0, 0.05) is 16.9 Å². The third-order valence-corrected chi connectivity index (χ3v) is 5.12. The Balaban J connectivity index is 1.47. The number of halogens is 3. The quantitative estimate of drug-likeness (QED) is 0.419. The second kappa shape index (κ2) is 8.78. The topological polar surface area (TPSA) is 76.0 Å². The molecule has 1 unspecified atom stereocenters. The summed E-state index contributed by atoms with van der Waals surface area (Å²) in [5.74, 6) is -0.910. The number of para-hydroxylation sites is 2. The van der Waals surface area contributed by atoms with Crippen molar-refractivity contribution in [3.8, 4) is 0 Å². The zero-order valence-corrected chi connectivity index (χ0v) is 17.4. The van der Waals surface area contributed by atoms with Crippen molar-refractivity contribution in [1.82, 2.24) is 9.55 Å². The average molecular weight is 452 g/mol. The fourth-order valence-electron chi connectivity index (χ4n) is 3.37. The van der Waals surface area contributed by atoms with E-state index < -0.39 is 23.7 Å². The minimum Gasteiger partial charge on any atom is -0.324 e. The summed E-state index contributed by atoms with van der Waals surface area (Å²) in [6, 6.07) is 17.4. The molecule has 2 amide bonds. The molecule has 1 atom stereocenters. The van der Waals surface area contributed by atoms with Crippen LogP contribution in [0.5, 0.6) is 0 Å². The average Bonchev–Trinajstić information content (AvgIpc) is 3.22. The molecule has 0 fully saturated rings. The molecule has 1 heterocycles. The molecule has 0 aliphatic heterocycles. The molecule has 4 rings (SSSR count). The maximum Gasteiger partial charge on any atom is 0.416 e. The zero-order chi connectivity index (χ0) is 23.6. The summed E-state index contributed by atoms with van der Waals surface area (Å²) in [7, 11) is 0. The summed E-state index contributed by atoms with van der Waals surface area (Å²) >= 11 is 0. The second-order valence-electron chi connectivity index (χ2n) is 7.42. The number of fused-ring (bicyclic) bond motifs is 1. The number of amides is 2. The van der Waals surface area contributed by atoms with Gasteiger partial charge in [-0.05, 0) is 55.5 Å². The molecule has 0 saturated carbocycles. The second-order valence-corrected chi connectivity index (χ2v) is 7.42. The van der Waals surface area contributed by atoms with Gasteiger partial charge in [0.2, 0.25) is 5.91 Å². The molecule has 33 heavy (non-hydrogen) atoms. The Morgan fingerprint density at radius 2 is 1.61 bits per heavy atom. The number of hydrogen-bond acceptors (Lipinski definition) is 3. The number of carbonyl (C=O) groups excluding carboxylic acids is 2. The van der Waals surface area contributed by atoms with Crippen LogP contribution in [0.4, 0.5) is 24.5 Å². The molecule has 9 heteroatoms. The van der Waals surface area contributed by atoms with Crippen LogP contribution in [0.2, 0.25) is 0 Å². The van der Waals surface area contributed by atoms with E-state index in [1.807, 2.05) is 24.3 Å². The van der Waals surface area contributed by atoms with Gasteiger partial charge in [-0.3, -0.25) is 9.59 Å². The fraction of sp³-hybridized carbons (Fsp3) is 0.125. The molecule has 3 aromatic carbocycles. The van der Waals surface area contributed by atoms with Gasteiger partial charge in [-0.1, -0.05) is 24.3 Å². The Labute approximate surface area is 187 Å². The third kappa shape index (κ3) is 4.87. The molecule has 168 valence electrons. The molecule has 4 aromatic rings. The number of imidazole rings is 1. The van der Waals surface area contributed by atoms with Crippen LogP contribution in [0.15, 0.2) is 79.1 Å². The number of alkyl halides is 3. The van der Waals surface area contributed by atoms with Crippen molar-refractivity contribution in [1.29, 1.82) is 0 Å². The summed E-state index contributed by atoms with van der Waals surface area (Å²) in [4.78, 5) is 29.6. The normalized spacial score (nSPS) is 12.4. The van der Waals surface area contributed by atoms with Crippen LogP contribution < -0.4 is 10.6 Å². The molecule has 0 saturated heterocycles. The van der Waals surface area contributed by atoms with E-state index in [2.05, 4.69) is 15.6 Å². The highest BCUT2D eigenvalue weighted by Crippen LogP contribution is 2.30. The largest absolute Gasteiger partial charge is 0.416 e. The lowest BCUT2D eigenvalue weighted by Crippen LogP contribution is -2.23. The summed E-state index contributed by atoms with van der Waals surface area (Å²) in [6.07, 6.45) is -2.92. The van der Waals surface area contributed by atoms with E-state index in [-0.39, 0.29) is 17.2 Å². The lowest BCUT2D eigenvalue weighted by Gasteiger charge is -2.15. The van der Waals surface area contributed by atoms with Gasteiger partial charge in [0.05, 0.1) is 22.9 Å². The molecule has 2 N–H and O–H groups in total.